The summed E-state index contributed by atoms with van der Waals surface area (Å²) in [5.41, 5.74) is 6.30. The first kappa shape index (κ1) is 12.6. The summed E-state index contributed by atoms with van der Waals surface area (Å²) in [6.07, 6.45) is 0.103. The molecule has 2 N–H and O–H groups in total. The van der Waals surface area contributed by atoms with Gasteiger partial charge in [-0.1, -0.05) is 15.9 Å². The van der Waals surface area contributed by atoms with Gasteiger partial charge in [0.25, 0.3) is 0 Å². The largest absolute Gasteiger partial charge is 0.377 e. The third-order valence-electron chi connectivity index (χ3n) is 1.97. The van der Waals surface area contributed by atoms with E-state index in [0.29, 0.717) is 12.2 Å². The Morgan fingerprint density at radius 1 is 1.47 bits per heavy atom. The predicted octanol–water partition coefficient (Wildman–Crippen LogP) is 3.01. The van der Waals surface area contributed by atoms with Crippen molar-refractivity contribution in [1.29, 1.82) is 0 Å². The van der Waals surface area contributed by atoms with Crippen molar-refractivity contribution in [3.8, 4) is 0 Å². The molecule has 2 nitrogen and oxygen atoms in total. The molecule has 0 aliphatic heterocycles. The maximum absolute atomic E-state index is 13.4. The molecule has 0 amide bonds. The fourth-order valence-electron chi connectivity index (χ4n) is 1.18. The maximum atomic E-state index is 13.4. The van der Waals surface area contributed by atoms with Gasteiger partial charge in [0.15, 0.2) is 0 Å². The van der Waals surface area contributed by atoms with E-state index in [1.807, 2.05) is 13.8 Å². The summed E-state index contributed by atoms with van der Waals surface area (Å²) in [4.78, 5) is 0. The Morgan fingerprint density at radius 2 is 2.13 bits per heavy atom. The van der Waals surface area contributed by atoms with Gasteiger partial charge in [-0.05, 0) is 32.0 Å². The zero-order valence-electron chi connectivity index (χ0n) is 8.84. The van der Waals surface area contributed by atoms with E-state index in [9.17, 15) is 4.39 Å². The first-order valence-corrected chi connectivity index (χ1v) is 5.62. The molecule has 1 aromatic carbocycles. The summed E-state index contributed by atoms with van der Waals surface area (Å²) < 4.78 is 19.6. The first-order chi connectivity index (χ1) is 7.00. The monoisotopic (exact) mass is 275 g/mol. The number of hydrogen-bond donors (Lipinski definition) is 1. The minimum atomic E-state index is -0.426. The van der Waals surface area contributed by atoms with Gasteiger partial charge < -0.3 is 10.5 Å². The lowest BCUT2D eigenvalue weighted by atomic mass is 10.1. The Morgan fingerprint density at radius 3 is 2.73 bits per heavy atom. The topological polar surface area (TPSA) is 35.2 Å². The number of ether oxygens (including phenoxy) is 1. The molecular weight excluding hydrogens is 261 g/mol. The molecule has 15 heavy (non-hydrogen) atoms. The summed E-state index contributed by atoms with van der Waals surface area (Å²) in [6.45, 7) is 4.17. The van der Waals surface area contributed by atoms with Crippen LogP contribution >= 0.6 is 15.9 Å². The zero-order chi connectivity index (χ0) is 11.4. The highest BCUT2D eigenvalue weighted by atomic mass is 79.9. The molecule has 0 bridgehead atoms. The lowest BCUT2D eigenvalue weighted by Crippen LogP contribution is -2.20. The van der Waals surface area contributed by atoms with E-state index in [4.69, 9.17) is 10.5 Å². The van der Waals surface area contributed by atoms with Crippen LogP contribution in [0, 0.1) is 5.82 Å². The average molecular weight is 276 g/mol. The Balaban J connectivity index is 2.72. The van der Waals surface area contributed by atoms with Crippen LogP contribution in [0.15, 0.2) is 22.7 Å². The third-order valence-corrected chi connectivity index (χ3v) is 2.46. The summed E-state index contributed by atoms with van der Waals surface area (Å²) in [5, 5.41) is 0. The molecule has 1 aromatic rings. The van der Waals surface area contributed by atoms with Crippen LogP contribution in [0.1, 0.15) is 25.5 Å². The SMILES string of the molecule is CC(C)OCC(N)c1cc(Br)ccc1F. The van der Waals surface area contributed by atoms with Crippen molar-refractivity contribution in [2.45, 2.75) is 26.0 Å². The lowest BCUT2D eigenvalue weighted by Gasteiger charge is -2.15. The summed E-state index contributed by atoms with van der Waals surface area (Å²) in [5.74, 6) is -0.293. The third kappa shape index (κ3) is 3.89. The van der Waals surface area contributed by atoms with Gasteiger partial charge in [-0.3, -0.25) is 0 Å². The van der Waals surface area contributed by atoms with Gasteiger partial charge in [0.2, 0.25) is 0 Å². The predicted molar refractivity (Wildman–Crippen MR) is 62.1 cm³/mol. The van der Waals surface area contributed by atoms with Gasteiger partial charge in [0, 0.05) is 10.0 Å². The Bertz CT molecular complexity index is 330. The molecule has 0 heterocycles. The van der Waals surface area contributed by atoms with E-state index in [1.54, 1.807) is 12.1 Å². The standard InChI is InChI=1S/C11H15BrFNO/c1-7(2)15-6-11(14)9-5-8(12)3-4-10(9)13/h3-5,7,11H,6,14H2,1-2H3. The molecule has 0 spiro atoms. The minimum Gasteiger partial charge on any atom is -0.377 e. The van der Waals surface area contributed by atoms with E-state index in [-0.39, 0.29) is 11.9 Å². The second kappa shape index (κ2) is 5.58. The highest BCUT2D eigenvalue weighted by molar-refractivity contribution is 9.10. The van der Waals surface area contributed by atoms with Crippen molar-refractivity contribution in [3.63, 3.8) is 0 Å². The molecule has 0 radical (unpaired) electrons. The van der Waals surface area contributed by atoms with E-state index < -0.39 is 6.04 Å². The van der Waals surface area contributed by atoms with Crippen LogP contribution in [0.2, 0.25) is 0 Å². The molecule has 0 saturated heterocycles. The molecule has 84 valence electrons. The maximum Gasteiger partial charge on any atom is 0.128 e. The van der Waals surface area contributed by atoms with Crippen LogP contribution in [-0.4, -0.2) is 12.7 Å². The molecule has 0 aliphatic rings. The van der Waals surface area contributed by atoms with Gasteiger partial charge in [0.1, 0.15) is 5.82 Å². The van der Waals surface area contributed by atoms with E-state index in [0.717, 1.165) is 4.47 Å². The van der Waals surface area contributed by atoms with E-state index in [2.05, 4.69) is 15.9 Å². The Kier molecular flexibility index (Phi) is 4.70. The zero-order valence-corrected chi connectivity index (χ0v) is 10.4. The van der Waals surface area contributed by atoms with Crippen molar-refractivity contribution in [1.82, 2.24) is 0 Å². The molecular formula is C11H15BrFNO. The van der Waals surface area contributed by atoms with Crippen LogP contribution in [0.3, 0.4) is 0 Å². The quantitative estimate of drug-likeness (QED) is 0.917. The van der Waals surface area contributed by atoms with Gasteiger partial charge in [-0.15, -0.1) is 0 Å². The highest BCUT2D eigenvalue weighted by Crippen LogP contribution is 2.20. The van der Waals surface area contributed by atoms with Gasteiger partial charge in [0.05, 0.1) is 18.8 Å². The fraction of sp³-hybridized carbons (Fsp3) is 0.455. The van der Waals surface area contributed by atoms with Crippen molar-refractivity contribution in [2.24, 2.45) is 5.73 Å². The summed E-state index contributed by atoms with van der Waals surface area (Å²) in [7, 11) is 0. The van der Waals surface area contributed by atoms with Crippen molar-refractivity contribution in [2.75, 3.05) is 6.61 Å². The number of benzene rings is 1. The Hall–Kier alpha value is -0.450. The molecule has 4 heteroatoms. The fourth-order valence-corrected chi connectivity index (χ4v) is 1.56. The molecule has 0 aromatic heterocycles. The van der Waals surface area contributed by atoms with Gasteiger partial charge >= 0.3 is 0 Å². The van der Waals surface area contributed by atoms with Crippen molar-refractivity contribution in [3.05, 3.63) is 34.1 Å². The van der Waals surface area contributed by atoms with Crippen LogP contribution in [0.25, 0.3) is 0 Å². The van der Waals surface area contributed by atoms with Crippen molar-refractivity contribution >= 4 is 15.9 Å². The van der Waals surface area contributed by atoms with Crippen molar-refractivity contribution < 1.29 is 9.13 Å². The average Bonchev–Trinajstić information content (AvgIpc) is 2.18. The summed E-state index contributed by atoms with van der Waals surface area (Å²) in [6, 6.07) is 4.30. The van der Waals surface area contributed by atoms with E-state index in [1.165, 1.54) is 6.07 Å². The van der Waals surface area contributed by atoms with Crippen LogP contribution in [-0.2, 0) is 4.74 Å². The molecule has 1 atom stereocenters. The molecule has 1 unspecified atom stereocenters. The first-order valence-electron chi connectivity index (χ1n) is 4.83. The van der Waals surface area contributed by atoms with E-state index >= 15 is 0 Å². The second-order valence-electron chi connectivity index (χ2n) is 3.65. The minimum absolute atomic E-state index is 0.103. The van der Waals surface area contributed by atoms with Gasteiger partial charge in [-0.25, -0.2) is 4.39 Å². The number of hydrogen-bond acceptors (Lipinski definition) is 2. The van der Waals surface area contributed by atoms with Crippen LogP contribution in [0.5, 0.6) is 0 Å². The number of halogens is 2. The smallest absolute Gasteiger partial charge is 0.128 e. The van der Waals surface area contributed by atoms with Crippen LogP contribution < -0.4 is 5.73 Å². The van der Waals surface area contributed by atoms with Gasteiger partial charge in [-0.2, -0.15) is 0 Å². The number of rotatable bonds is 4. The molecule has 0 saturated carbocycles. The normalized spacial score (nSPS) is 13.2. The highest BCUT2D eigenvalue weighted by Gasteiger charge is 2.12. The number of nitrogens with two attached hydrogens (primary N) is 1. The second-order valence-corrected chi connectivity index (χ2v) is 4.57. The molecule has 0 fully saturated rings. The molecule has 1 rings (SSSR count). The Labute approximate surface area is 97.7 Å². The lowest BCUT2D eigenvalue weighted by molar-refractivity contribution is 0.0677. The summed E-state index contributed by atoms with van der Waals surface area (Å²) >= 11 is 3.28. The van der Waals surface area contributed by atoms with Crippen LogP contribution in [0.4, 0.5) is 4.39 Å². The molecule has 0 aliphatic carbocycles.